The Labute approximate surface area is 94.2 Å². The molecular formula is C14H24O. The fourth-order valence-corrected chi connectivity index (χ4v) is 1.71. The maximum atomic E-state index is 5.55. The minimum atomic E-state index is 0.661. The minimum Gasteiger partial charge on any atom is -0.381 e. The Morgan fingerprint density at radius 1 is 1.27 bits per heavy atom. The molecule has 1 aliphatic carbocycles. The maximum Gasteiger partial charge on any atom is 0.0488 e. The van der Waals surface area contributed by atoms with E-state index in [1.54, 1.807) is 0 Å². The monoisotopic (exact) mass is 208 g/mol. The smallest absolute Gasteiger partial charge is 0.0488 e. The van der Waals surface area contributed by atoms with Crippen molar-refractivity contribution >= 4 is 0 Å². The maximum absolute atomic E-state index is 5.55. The highest BCUT2D eigenvalue weighted by Crippen LogP contribution is 2.15. The first-order valence-corrected chi connectivity index (χ1v) is 6.22. The van der Waals surface area contributed by atoms with Crippen LogP contribution in [-0.4, -0.2) is 13.2 Å². The van der Waals surface area contributed by atoms with Crippen LogP contribution >= 0.6 is 0 Å². The van der Waals surface area contributed by atoms with Gasteiger partial charge in [0.2, 0.25) is 0 Å². The summed E-state index contributed by atoms with van der Waals surface area (Å²) in [6.07, 6.45) is 13.1. The molecule has 0 atom stereocenters. The third-order valence-electron chi connectivity index (χ3n) is 2.53. The second-order valence-corrected chi connectivity index (χ2v) is 4.68. The van der Waals surface area contributed by atoms with E-state index in [0.29, 0.717) is 5.92 Å². The van der Waals surface area contributed by atoms with Gasteiger partial charge >= 0.3 is 0 Å². The quantitative estimate of drug-likeness (QED) is 0.572. The molecule has 0 saturated heterocycles. The largest absolute Gasteiger partial charge is 0.381 e. The molecule has 1 rings (SSSR count). The predicted molar refractivity (Wildman–Crippen MR) is 66.0 cm³/mol. The Balaban J connectivity index is 1.93. The molecule has 0 aromatic rings. The van der Waals surface area contributed by atoms with Gasteiger partial charge in [-0.15, -0.1) is 0 Å². The van der Waals surface area contributed by atoms with Gasteiger partial charge in [-0.1, -0.05) is 37.6 Å². The molecule has 0 spiro atoms. The molecule has 0 saturated carbocycles. The van der Waals surface area contributed by atoms with E-state index < -0.39 is 0 Å². The number of ether oxygens (including phenoxy) is 1. The zero-order valence-electron chi connectivity index (χ0n) is 10.2. The fraction of sp³-hybridized carbons (Fsp3) is 0.714. The fourth-order valence-electron chi connectivity index (χ4n) is 1.71. The van der Waals surface area contributed by atoms with Crippen molar-refractivity contribution in [3.05, 3.63) is 23.8 Å². The predicted octanol–water partition coefficient (Wildman–Crippen LogP) is 4.11. The van der Waals surface area contributed by atoms with Gasteiger partial charge in [-0.05, 0) is 38.0 Å². The summed E-state index contributed by atoms with van der Waals surface area (Å²) in [5.74, 6) is 0.661. The first-order chi connectivity index (χ1) is 7.29. The van der Waals surface area contributed by atoms with Crippen LogP contribution in [0.25, 0.3) is 0 Å². The van der Waals surface area contributed by atoms with E-state index >= 15 is 0 Å². The number of rotatable bonds is 7. The van der Waals surface area contributed by atoms with Crippen molar-refractivity contribution in [3.63, 3.8) is 0 Å². The van der Waals surface area contributed by atoms with E-state index in [9.17, 15) is 0 Å². The molecule has 86 valence electrons. The lowest BCUT2D eigenvalue weighted by Gasteiger charge is -2.08. The molecule has 1 nitrogen and oxygen atoms in total. The van der Waals surface area contributed by atoms with Gasteiger partial charge in [0, 0.05) is 13.2 Å². The summed E-state index contributed by atoms with van der Waals surface area (Å²) in [5, 5.41) is 0. The molecule has 0 aromatic heterocycles. The number of hydrogen-bond donors (Lipinski definition) is 0. The highest BCUT2D eigenvalue weighted by molar-refractivity contribution is 5.21. The van der Waals surface area contributed by atoms with Crippen LogP contribution in [0.2, 0.25) is 0 Å². The first kappa shape index (κ1) is 12.5. The summed E-state index contributed by atoms with van der Waals surface area (Å²) < 4.78 is 5.55. The molecule has 15 heavy (non-hydrogen) atoms. The van der Waals surface area contributed by atoms with Crippen molar-refractivity contribution in [3.8, 4) is 0 Å². The number of unbranched alkanes of at least 4 members (excludes halogenated alkanes) is 1. The van der Waals surface area contributed by atoms with Crippen molar-refractivity contribution in [1.82, 2.24) is 0 Å². The molecule has 1 heteroatoms. The highest BCUT2D eigenvalue weighted by Gasteiger charge is 1.98. The standard InChI is InChI=1S/C14H24O/c1-13(2)12-15-11-7-6-10-14-8-4-3-5-9-14/h4,8-9,13H,3,5-7,10-12H2,1-2H3. The second-order valence-electron chi connectivity index (χ2n) is 4.68. The van der Waals surface area contributed by atoms with Gasteiger partial charge in [0.25, 0.3) is 0 Å². The lowest BCUT2D eigenvalue weighted by molar-refractivity contribution is 0.107. The number of allylic oxidation sites excluding steroid dienone is 4. The van der Waals surface area contributed by atoms with Gasteiger partial charge in [-0.3, -0.25) is 0 Å². The summed E-state index contributed by atoms with van der Waals surface area (Å²) in [4.78, 5) is 0. The molecule has 0 radical (unpaired) electrons. The molecule has 0 bridgehead atoms. The van der Waals surface area contributed by atoms with Crippen molar-refractivity contribution in [2.75, 3.05) is 13.2 Å². The van der Waals surface area contributed by atoms with Crippen LogP contribution in [-0.2, 0) is 4.74 Å². The Bertz CT molecular complexity index is 213. The minimum absolute atomic E-state index is 0.661. The molecule has 0 aromatic carbocycles. The SMILES string of the molecule is CC(C)COCCCCC1=CCCC=C1. The van der Waals surface area contributed by atoms with E-state index in [4.69, 9.17) is 4.74 Å². The molecule has 0 N–H and O–H groups in total. The van der Waals surface area contributed by atoms with Crippen molar-refractivity contribution < 1.29 is 4.74 Å². The molecule has 1 aliphatic rings. The third-order valence-corrected chi connectivity index (χ3v) is 2.53. The molecule has 0 amide bonds. The average molecular weight is 208 g/mol. The highest BCUT2D eigenvalue weighted by atomic mass is 16.5. The van der Waals surface area contributed by atoms with Crippen LogP contribution in [0.1, 0.15) is 46.0 Å². The van der Waals surface area contributed by atoms with E-state index in [2.05, 4.69) is 32.1 Å². The molecule has 0 fully saturated rings. The average Bonchev–Trinajstić information content (AvgIpc) is 2.24. The normalized spacial score (nSPS) is 15.8. The van der Waals surface area contributed by atoms with Gasteiger partial charge in [-0.25, -0.2) is 0 Å². The van der Waals surface area contributed by atoms with Crippen LogP contribution < -0.4 is 0 Å². The van der Waals surface area contributed by atoms with Crippen LogP contribution in [0.15, 0.2) is 23.8 Å². The summed E-state index contributed by atoms with van der Waals surface area (Å²) in [7, 11) is 0. The van der Waals surface area contributed by atoms with Crippen molar-refractivity contribution in [1.29, 1.82) is 0 Å². The summed E-state index contributed by atoms with van der Waals surface area (Å²) in [6, 6.07) is 0. The first-order valence-electron chi connectivity index (χ1n) is 6.22. The van der Waals surface area contributed by atoms with Crippen LogP contribution in [0.5, 0.6) is 0 Å². The Kier molecular flexibility index (Phi) is 6.42. The van der Waals surface area contributed by atoms with Crippen LogP contribution in [0, 0.1) is 5.92 Å². The van der Waals surface area contributed by atoms with Gasteiger partial charge in [-0.2, -0.15) is 0 Å². The molecule has 0 aliphatic heterocycles. The van der Waals surface area contributed by atoms with E-state index in [1.165, 1.54) is 37.7 Å². The van der Waals surface area contributed by atoms with Gasteiger partial charge < -0.3 is 4.74 Å². The lowest BCUT2D eigenvalue weighted by Crippen LogP contribution is -2.03. The van der Waals surface area contributed by atoms with Gasteiger partial charge in [0.15, 0.2) is 0 Å². The zero-order valence-corrected chi connectivity index (χ0v) is 10.2. The van der Waals surface area contributed by atoms with E-state index in [1.807, 2.05) is 0 Å². The molecule has 0 unspecified atom stereocenters. The van der Waals surface area contributed by atoms with Crippen molar-refractivity contribution in [2.45, 2.75) is 46.0 Å². The Hall–Kier alpha value is -0.560. The molecular weight excluding hydrogens is 184 g/mol. The summed E-state index contributed by atoms with van der Waals surface area (Å²) >= 11 is 0. The van der Waals surface area contributed by atoms with Crippen LogP contribution in [0.3, 0.4) is 0 Å². The Morgan fingerprint density at radius 2 is 2.13 bits per heavy atom. The van der Waals surface area contributed by atoms with E-state index in [0.717, 1.165) is 13.2 Å². The van der Waals surface area contributed by atoms with E-state index in [-0.39, 0.29) is 0 Å². The topological polar surface area (TPSA) is 9.23 Å². The summed E-state index contributed by atoms with van der Waals surface area (Å²) in [5.41, 5.74) is 1.52. The van der Waals surface area contributed by atoms with Gasteiger partial charge in [0.1, 0.15) is 0 Å². The zero-order chi connectivity index (χ0) is 10.9. The third kappa shape index (κ3) is 6.51. The summed E-state index contributed by atoms with van der Waals surface area (Å²) in [6.45, 7) is 6.22. The second kappa shape index (κ2) is 7.70. The van der Waals surface area contributed by atoms with Gasteiger partial charge in [0.05, 0.1) is 0 Å². The Morgan fingerprint density at radius 3 is 2.80 bits per heavy atom. The van der Waals surface area contributed by atoms with Crippen molar-refractivity contribution in [2.24, 2.45) is 5.92 Å². The lowest BCUT2D eigenvalue weighted by atomic mass is 10.0. The van der Waals surface area contributed by atoms with Crippen LogP contribution in [0.4, 0.5) is 0 Å². The molecule has 0 heterocycles. The number of hydrogen-bond acceptors (Lipinski definition) is 1.